The number of benzene rings is 1. The lowest BCUT2D eigenvalue weighted by atomic mass is 9.92. The number of methoxy groups -OCH3 is 1. The van der Waals surface area contributed by atoms with Gasteiger partial charge in [-0.15, -0.1) is 0 Å². The number of amides is 1. The van der Waals surface area contributed by atoms with Gasteiger partial charge in [-0.25, -0.2) is 4.98 Å². The Morgan fingerprint density at radius 3 is 2.79 bits per heavy atom. The summed E-state index contributed by atoms with van der Waals surface area (Å²) in [6, 6.07) is 5.75. The quantitative estimate of drug-likeness (QED) is 0.931. The van der Waals surface area contributed by atoms with E-state index in [1.54, 1.807) is 7.11 Å². The van der Waals surface area contributed by atoms with E-state index in [0.29, 0.717) is 11.6 Å². The van der Waals surface area contributed by atoms with Gasteiger partial charge in [0.05, 0.1) is 11.8 Å². The van der Waals surface area contributed by atoms with E-state index in [1.165, 1.54) is 11.3 Å². The van der Waals surface area contributed by atoms with Gasteiger partial charge in [0, 0.05) is 6.42 Å². The molecule has 0 aliphatic carbocycles. The minimum atomic E-state index is -0.0293. The van der Waals surface area contributed by atoms with E-state index in [-0.39, 0.29) is 11.3 Å². The molecule has 0 aliphatic rings. The number of nitrogens with zero attached hydrogens (tertiary/aromatic N) is 1. The van der Waals surface area contributed by atoms with E-state index in [1.807, 2.05) is 39.0 Å². The summed E-state index contributed by atoms with van der Waals surface area (Å²) >= 11 is 1.46. The molecule has 19 heavy (non-hydrogen) atoms. The number of anilines is 1. The molecule has 0 unspecified atom stereocenters. The Hall–Kier alpha value is -1.62. The van der Waals surface area contributed by atoms with Gasteiger partial charge in [-0.1, -0.05) is 38.2 Å². The number of carbonyl (C=O) groups is 1. The highest BCUT2D eigenvalue weighted by Crippen LogP contribution is 2.32. The summed E-state index contributed by atoms with van der Waals surface area (Å²) in [7, 11) is 1.62. The molecule has 0 spiro atoms. The van der Waals surface area contributed by atoms with Crippen molar-refractivity contribution in [1.29, 1.82) is 0 Å². The van der Waals surface area contributed by atoms with Crippen molar-refractivity contribution in [3.63, 3.8) is 0 Å². The van der Waals surface area contributed by atoms with E-state index >= 15 is 0 Å². The first-order valence-corrected chi connectivity index (χ1v) is 6.94. The molecule has 1 N–H and O–H groups in total. The van der Waals surface area contributed by atoms with Gasteiger partial charge >= 0.3 is 0 Å². The van der Waals surface area contributed by atoms with Gasteiger partial charge in [0.15, 0.2) is 5.13 Å². The molecule has 1 aromatic carbocycles. The molecular formula is C14H18N2O2S. The lowest BCUT2D eigenvalue weighted by Crippen LogP contribution is -2.19. The smallest absolute Gasteiger partial charge is 0.226 e. The van der Waals surface area contributed by atoms with Gasteiger partial charge < -0.3 is 10.1 Å². The van der Waals surface area contributed by atoms with Crippen LogP contribution >= 0.6 is 11.3 Å². The molecule has 0 saturated heterocycles. The molecule has 0 aliphatic heterocycles. The molecule has 0 fully saturated rings. The van der Waals surface area contributed by atoms with Crippen molar-refractivity contribution in [2.75, 3.05) is 12.4 Å². The summed E-state index contributed by atoms with van der Waals surface area (Å²) in [6.45, 7) is 6.11. The Labute approximate surface area is 116 Å². The third kappa shape index (κ3) is 3.44. The van der Waals surface area contributed by atoms with E-state index in [9.17, 15) is 4.79 Å². The normalized spacial score (nSPS) is 11.6. The summed E-state index contributed by atoms with van der Waals surface area (Å²) < 4.78 is 6.26. The zero-order valence-corrected chi connectivity index (χ0v) is 12.4. The van der Waals surface area contributed by atoms with Crippen LogP contribution in [0, 0.1) is 5.41 Å². The second kappa shape index (κ2) is 5.17. The zero-order valence-electron chi connectivity index (χ0n) is 11.6. The van der Waals surface area contributed by atoms with Crippen LogP contribution in [0.4, 0.5) is 5.13 Å². The SMILES string of the molecule is COc1cccc2sc(NC(=O)CC(C)(C)C)nc12. The number of aromatic nitrogens is 1. The fourth-order valence-corrected chi connectivity index (χ4v) is 2.69. The molecule has 2 rings (SSSR count). The van der Waals surface area contributed by atoms with Crippen molar-refractivity contribution >= 4 is 32.6 Å². The van der Waals surface area contributed by atoms with Crippen LogP contribution in [-0.4, -0.2) is 18.0 Å². The lowest BCUT2D eigenvalue weighted by Gasteiger charge is -2.16. The maximum Gasteiger partial charge on any atom is 0.226 e. The molecular weight excluding hydrogens is 260 g/mol. The molecule has 1 heterocycles. The number of thiazole rings is 1. The summed E-state index contributed by atoms with van der Waals surface area (Å²) in [6.07, 6.45) is 0.472. The molecule has 102 valence electrons. The van der Waals surface area contributed by atoms with Crippen LogP contribution in [-0.2, 0) is 4.79 Å². The van der Waals surface area contributed by atoms with Gasteiger partial charge in [-0.05, 0) is 17.5 Å². The number of hydrogen-bond donors (Lipinski definition) is 1. The molecule has 5 heteroatoms. The van der Waals surface area contributed by atoms with Crippen molar-refractivity contribution < 1.29 is 9.53 Å². The number of fused-ring (bicyclic) bond motifs is 1. The topological polar surface area (TPSA) is 51.2 Å². The van der Waals surface area contributed by atoms with Crippen LogP contribution in [0.15, 0.2) is 18.2 Å². The molecule has 4 nitrogen and oxygen atoms in total. The highest BCUT2D eigenvalue weighted by molar-refractivity contribution is 7.22. The Morgan fingerprint density at radius 1 is 1.42 bits per heavy atom. The number of ether oxygens (including phenoxy) is 1. The minimum Gasteiger partial charge on any atom is -0.494 e. The largest absolute Gasteiger partial charge is 0.494 e. The Bertz CT molecular complexity index is 599. The maximum atomic E-state index is 11.9. The number of carbonyl (C=O) groups excluding carboxylic acids is 1. The van der Waals surface area contributed by atoms with Gasteiger partial charge in [-0.3, -0.25) is 4.79 Å². The number of rotatable bonds is 3. The third-order valence-electron chi connectivity index (χ3n) is 2.54. The third-order valence-corrected chi connectivity index (χ3v) is 3.48. The number of hydrogen-bond acceptors (Lipinski definition) is 4. The predicted octanol–water partition coefficient (Wildman–Crippen LogP) is 3.68. The fourth-order valence-electron chi connectivity index (χ4n) is 1.79. The predicted molar refractivity (Wildman–Crippen MR) is 78.9 cm³/mol. The lowest BCUT2D eigenvalue weighted by molar-refractivity contribution is -0.117. The Kier molecular flexibility index (Phi) is 3.75. The minimum absolute atomic E-state index is 0.00878. The first kappa shape index (κ1) is 13.8. The number of para-hydroxylation sites is 1. The van der Waals surface area contributed by atoms with Gasteiger partial charge in [0.2, 0.25) is 5.91 Å². The van der Waals surface area contributed by atoms with Crippen molar-refractivity contribution in [3.05, 3.63) is 18.2 Å². The van der Waals surface area contributed by atoms with Crippen LogP contribution in [0.5, 0.6) is 5.75 Å². The molecule has 0 bridgehead atoms. The molecule has 1 amide bonds. The van der Waals surface area contributed by atoms with Gasteiger partial charge in [0.1, 0.15) is 11.3 Å². The molecule has 0 radical (unpaired) electrons. The van der Waals surface area contributed by atoms with Crippen LogP contribution in [0.2, 0.25) is 0 Å². The monoisotopic (exact) mass is 278 g/mol. The highest BCUT2D eigenvalue weighted by Gasteiger charge is 2.17. The summed E-state index contributed by atoms with van der Waals surface area (Å²) in [5, 5.41) is 3.47. The van der Waals surface area contributed by atoms with Crippen molar-refractivity contribution in [1.82, 2.24) is 4.98 Å². The van der Waals surface area contributed by atoms with E-state index in [2.05, 4.69) is 10.3 Å². The second-order valence-electron chi connectivity index (χ2n) is 5.61. The van der Waals surface area contributed by atoms with Crippen LogP contribution in [0.25, 0.3) is 10.2 Å². The maximum absolute atomic E-state index is 11.9. The zero-order chi connectivity index (χ0) is 14.0. The van der Waals surface area contributed by atoms with E-state index in [0.717, 1.165) is 16.0 Å². The first-order valence-electron chi connectivity index (χ1n) is 6.12. The highest BCUT2D eigenvalue weighted by atomic mass is 32.1. The summed E-state index contributed by atoms with van der Waals surface area (Å²) in [5.41, 5.74) is 0.763. The Morgan fingerprint density at radius 2 is 2.16 bits per heavy atom. The second-order valence-corrected chi connectivity index (χ2v) is 6.64. The van der Waals surface area contributed by atoms with Crippen molar-refractivity contribution in [2.45, 2.75) is 27.2 Å². The van der Waals surface area contributed by atoms with Crippen LogP contribution in [0.1, 0.15) is 27.2 Å². The van der Waals surface area contributed by atoms with Crippen LogP contribution < -0.4 is 10.1 Å². The van der Waals surface area contributed by atoms with E-state index < -0.39 is 0 Å². The Balaban J connectivity index is 2.20. The first-order chi connectivity index (χ1) is 8.89. The molecule has 2 aromatic rings. The van der Waals surface area contributed by atoms with E-state index in [4.69, 9.17) is 4.74 Å². The number of nitrogens with one attached hydrogen (secondary N) is 1. The van der Waals surface area contributed by atoms with Crippen molar-refractivity contribution in [2.24, 2.45) is 5.41 Å². The fraction of sp³-hybridized carbons (Fsp3) is 0.429. The standard InChI is InChI=1S/C14H18N2O2S/c1-14(2,3)8-11(17)15-13-16-12-9(18-4)6-5-7-10(12)19-13/h5-7H,8H2,1-4H3,(H,15,16,17). The average Bonchev–Trinajstić information content (AvgIpc) is 2.67. The van der Waals surface area contributed by atoms with Gasteiger partial charge in [0.25, 0.3) is 0 Å². The molecule has 0 atom stereocenters. The molecule has 0 saturated carbocycles. The summed E-state index contributed by atoms with van der Waals surface area (Å²) in [4.78, 5) is 16.3. The van der Waals surface area contributed by atoms with Crippen LogP contribution in [0.3, 0.4) is 0 Å². The average molecular weight is 278 g/mol. The molecule has 1 aromatic heterocycles. The van der Waals surface area contributed by atoms with Gasteiger partial charge in [-0.2, -0.15) is 0 Å². The van der Waals surface area contributed by atoms with Crippen molar-refractivity contribution in [3.8, 4) is 5.75 Å². The summed E-state index contributed by atoms with van der Waals surface area (Å²) in [5.74, 6) is 0.718.